The van der Waals surface area contributed by atoms with Gasteiger partial charge in [0.2, 0.25) is 0 Å². The van der Waals surface area contributed by atoms with Gasteiger partial charge in [0.05, 0.1) is 17.6 Å². The van der Waals surface area contributed by atoms with E-state index in [1.165, 1.54) is 24.7 Å². The molecule has 4 rings (SSSR count). The predicted molar refractivity (Wildman–Crippen MR) is 105 cm³/mol. The first-order valence-corrected chi connectivity index (χ1v) is 11.9. The highest BCUT2D eigenvalue weighted by Crippen LogP contribution is 2.48. The van der Waals surface area contributed by atoms with Crippen molar-refractivity contribution in [1.82, 2.24) is 19.5 Å². The van der Waals surface area contributed by atoms with Crippen LogP contribution in [-0.2, 0) is 6.42 Å². The van der Waals surface area contributed by atoms with Crippen molar-refractivity contribution in [2.45, 2.75) is 26.2 Å². The van der Waals surface area contributed by atoms with Crippen LogP contribution in [0.1, 0.15) is 25.3 Å². The van der Waals surface area contributed by atoms with Gasteiger partial charge in [0.1, 0.15) is 17.2 Å². The zero-order valence-corrected chi connectivity index (χ0v) is 16.5. The molecule has 0 amide bonds. The van der Waals surface area contributed by atoms with Gasteiger partial charge in [-0.05, 0) is 64.4 Å². The Morgan fingerprint density at radius 2 is 2.13 bits per heavy atom. The molecular weight excluding hydrogens is 442 g/mol. The Hall–Kier alpha value is -0.780. The highest BCUT2D eigenvalue weighted by Gasteiger charge is 2.37. The summed E-state index contributed by atoms with van der Waals surface area (Å²) in [6.45, 7) is 2.36. The lowest BCUT2D eigenvalue weighted by molar-refractivity contribution is 0.571. The standard InChI is InChI=1S/C16H15ClIN4P/c1-16(4-5-16)8-10-2-3-13-11(6-10)15(21-22(13)23-18)12-7-14(17)20-9-19-12/h2-3,6-7,9,23H,4-5,8H2,1H3. The summed E-state index contributed by atoms with van der Waals surface area (Å²) in [5.74, 6) is 0. The normalized spacial score (nSPS) is 16.5. The van der Waals surface area contributed by atoms with E-state index in [1.54, 1.807) is 6.07 Å². The van der Waals surface area contributed by atoms with Crippen LogP contribution in [0.3, 0.4) is 0 Å². The number of rotatable bonds is 4. The monoisotopic (exact) mass is 456 g/mol. The summed E-state index contributed by atoms with van der Waals surface area (Å²) < 4.78 is 2.03. The van der Waals surface area contributed by atoms with E-state index in [1.807, 2.05) is 4.45 Å². The van der Waals surface area contributed by atoms with E-state index in [2.05, 4.69) is 57.1 Å². The third-order valence-corrected chi connectivity index (χ3v) is 6.51. The molecule has 1 unspecified atom stereocenters. The molecule has 1 aliphatic carbocycles. The van der Waals surface area contributed by atoms with Crippen molar-refractivity contribution >= 4 is 50.9 Å². The van der Waals surface area contributed by atoms with Gasteiger partial charge < -0.3 is 0 Å². The molecule has 0 saturated heterocycles. The molecule has 2 aromatic heterocycles. The predicted octanol–water partition coefficient (Wildman–Crippen LogP) is 5.28. The summed E-state index contributed by atoms with van der Waals surface area (Å²) in [5.41, 5.74) is 4.67. The number of benzene rings is 1. The zero-order chi connectivity index (χ0) is 16.0. The van der Waals surface area contributed by atoms with Gasteiger partial charge >= 0.3 is 0 Å². The third kappa shape index (κ3) is 3.11. The summed E-state index contributed by atoms with van der Waals surface area (Å²) in [6.07, 6.45) is 5.82. The van der Waals surface area contributed by atoms with E-state index in [9.17, 15) is 0 Å². The number of aromatic nitrogens is 4. The summed E-state index contributed by atoms with van der Waals surface area (Å²) in [6, 6.07) is 8.46. The van der Waals surface area contributed by atoms with Crippen LogP contribution in [0.5, 0.6) is 0 Å². The maximum Gasteiger partial charge on any atom is 0.133 e. The van der Waals surface area contributed by atoms with Gasteiger partial charge in [-0.3, -0.25) is 0 Å². The number of hydrogen-bond acceptors (Lipinski definition) is 3. The van der Waals surface area contributed by atoms with E-state index >= 15 is 0 Å². The molecule has 1 saturated carbocycles. The molecule has 23 heavy (non-hydrogen) atoms. The summed E-state index contributed by atoms with van der Waals surface area (Å²) >= 11 is 8.38. The van der Waals surface area contributed by atoms with E-state index in [0.29, 0.717) is 16.9 Å². The Bertz CT molecular complexity index is 891. The molecule has 0 N–H and O–H groups in total. The first-order valence-electron chi connectivity index (χ1n) is 7.44. The molecule has 4 nitrogen and oxygen atoms in total. The van der Waals surface area contributed by atoms with Crippen LogP contribution < -0.4 is 0 Å². The van der Waals surface area contributed by atoms with E-state index in [-0.39, 0.29) is 0 Å². The van der Waals surface area contributed by atoms with Gasteiger partial charge in [-0.1, -0.05) is 24.6 Å². The number of halogens is 2. The molecular formula is C16H15ClIN4P. The second-order valence-electron chi connectivity index (χ2n) is 6.41. The molecule has 118 valence electrons. The van der Waals surface area contributed by atoms with Crippen LogP contribution in [0, 0.1) is 5.41 Å². The fourth-order valence-corrected chi connectivity index (χ4v) is 4.55. The van der Waals surface area contributed by atoms with Crippen molar-refractivity contribution < 1.29 is 0 Å². The SMILES string of the molecule is CC1(Cc2ccc3c(c2)c(-c2cc(Cl)ncn2)nn3PI)CC1. The average molecular weight is 457 g/mol. The first kappa shape index (κ1) is 15.7. The smallest absolute Gasteiger partial charge is 0.133 e. The lowest BCUT2D eigenvalue weighted by atomic mass is 9.97. The van der Waals surface area contributed by atoms with Crippen LogP contribution in [0.15, 0.2) is 30.6 Å². The zero-order valence-electron chi connectivity index (χ0n) is 12.6. The summed E-state index contributed by atoms with van der Waals surface area (Å²) in [4.78, 5) is 8.32. The maximum atomic E-state index is 6.03. The second-order valence-corrected chi connectivity index (χ2v) is 8.84. The molecule has 0 spiro atoms. The van der Waals surface area contributed by atoms with Crippen molar-refractivity contribution in [3.8, 4) is 11.4 Å². The van der Waals surface area contributed by atoms with Crippen LogP contribution in [0.4, 0.5) is 0 Å². The molecule has 1 aliphatic rings. The maximum absolute atomic E-state index is 6.03. The summed E-state index contributed by atoms with van der Waals surface area (Å²) in [5, 5.41) is 6.33. The Kier molecular flexibility index (Phi) is 4.06. The van der Waals surface area contributed by atoms with Crippen LogP contribution in [-0.4, -0.2) is 19.5 Å². The number of fused-ring (bicyclic) bond motifs is 1. The topological polar surface area (TPSA) is 43.6 Å². The Balaban J connectivity index is 1.86. The summed E-state index contributed by atoms with van der Waals surface area (Å²) in [7, 11) is 0. The van der Waals surface area contributed by atoms with Crippen molar-refractivity contribution in [1.29, 1.82) is 0 Å². The van der Waals surface area contributed by atoms with Gasteiger partial charge in [-0.2, -0.15) is 5.10 Å². The van der Waals surface area contributed by atoms with Gasteiger partial charge in [0.15, 0.2) is 0 Å². The highest BCUT2D eigenvalue weighted by molar-refractivity contribution is 14.2. The molecule has 0 aliphatic heterocycles. The molecule has 1 aromatic carbocycles. The van der Waals surface area contributed by atoms with Crippen LogP contribution in [0.2, 0.25) is 5.15 Å². The van der Waals surface area contributed by atoms with Gasteiger partial charge in [-0.15, -0.1) is 0 Å². The molecule has 1 fully saturated rings. The highest BCUT2D eigenvalue weighted by atomic mass is 127. The second kappa shape index (κ2) is 5.94. The molecule has 0 radical (unpaired) electrons. The van der Waals surface area contributed by atoms with Crippen LogP contribution >= 0.6 is 40.0 Å². The molecule has 0 bridgehead atoms. The van der Waals surface area contributed by atoms with E-state index < -0.39 is 0 Å². The third-order valence-electron chi connectivity index (χ3n) is 4.44. The van der Waals surface area contributed by atoms with E-state index in [0.717, 1.165) is 28.7 Å². The van der Waals surface area contributed by atoms with Crippen LogP contribution in [0.25, 0.3) is 22.3 Å². The Morgan fingerprint density at radius 1 is 1.30 bits per heavy atom. The average Bonchev–Trinajstić information content (AvgIpc) is 3.14. The van der Waals surface area contributed by atoms with Gasteiger partial charge in [0, 0.05) is 11.5 Å². The molecule has 1 atom stereocenters. The quantitative estimate of drug-likeness (QED) is 0.305. The fourth-order valence-electron chi connectivity index (χ4n) is 2.87. The Morgan fingerprint density at radius 3 is 2.83 bits per heavy atom. The van der Waals surface area contributed by atoms with Gasteiger partial charge in [-0.25, -0.2) is 14.4 Å². The molecule has 2 heterocycles. The van der Waals surface area contributed by atoms with Crippen molar-refractivity contribution in [3.05, 3.63) is 41.3 Å². The lowest BCUT2D eigenvalue weighted by Crippen LogP contribution is -1.98. The van der Waals surface area contributed by atoms with Crippen molar-refractivity contribution in [2.24, 2.45) is 5.41 Å². The minimum atomic E-state index is 0.441. The lowest BCUT2D eigenvalue weighted by Gasteiger charge is -2.08. The molecule has 3 aromatic rings. The van der Waals surface area contributed by atoms with Gasteiger partial charge in [0.25, 0.3) is 0 Å². The van der Waals surface area contributed by atoms with Crippen molar-refractivity contribution in [2.75, 3.05) is 0 Å². The minimum absolute atomic E-state index is 0.441. The number of hydrogen-bond donors (Lipinski definition) is 0. The Labute approximate surface area is 154 Å². The largest absolute Gasteiger partial charge is 0.237 e. The fraction of sp³-hybridized carbons (Fsp3) is 0.312. The molecule has 7 heteroatoms. The number of nitrogens with zero attached hydrogens (tertiary/aromatic N) is 4. The van der Waals surface area contributed by atoms with E-state index in [4.69, 9.17) is 16.7 Å². The first-order chi connectivity index (χ1) is 11.1. The minimum Gasteiger partial charge on any atom is -0.237 e. The van der Waals surface area contributed by atoms with Crippen molar-refractivity contribution in [3.63, 3.8) is 0 Å².